The maximum absolute atomic E-state index is 10.7. The van der Waals surface area contributed by atoms with E-state index in [1.54, 1.807) is 23.9 Å². The van der Waals surface area contributed by atoms with Gasteiger partial charge in [0.2, 0.25) is 5.13 Å². The zero-order valence-electron chi connectivity index (χ0n) is 11.6. The van der Waals surface area contributed by atoms with Crippen LogP contribution < -0.4 is 9.64 Å². The minimum Gasteiger partial charge on any atom is -0.493 e. The van der Waals surface area contributed by atoms with Crippen LogP contribution >= 0.6 is 23.1 Å². The standard InChI is InChI=1S/C13H15N3O3S2/c1-16(2)12-14-15-13(21-12)20-8-7-19-10-5-3-9(4-6-10)11(17)18/h3-6H,7-8H2,1-2H3,(H,17,18). The molecule has 0 amide bonds. The first kappa shape index (κ1) is 15.6. The Balaban J connectivity index is 1.75. The summed E-state index contributed by atoms with van der Waals surface area (Å²) in [5.74, 6) is 0.472. The van der Waals surface area contributed by atoms with E-state index in [2.05, 4.69) is 10.2 Å². The molecular formula is C13H15N3O3S2. The number of carboxylic acids is 1. The van der Waals surface area contributed by atoms with Gasteiger partial charge in [0.1, 0.15) is 5.75 Å². The third-order valence-corrected chi connectivity index (χ3v) is 4.65. The zero-order chi connectivity index (χ0) is 15.2. The van der Waals surface area contributed by atoms with Crippen molar-refractivity contribution in [3.63, 3.8) is 0 Å². The highest BCUT2D eigenvalue weighted by atomic mass is 32.2. The van der Waals surface area contributed by atoms with Gasteiger partial charge < -0.3 is 14.7 Å². The molecule has 0 aliphatic carbocycles. The molecule has 0 aliphatic rings. The van der Waals surface area contributed by atoms with Crippen molar-refractivity contribution in [2.75, 3.05) is 31.4 Å². The van der Waals surface area contributed by atoms with Crippen molar-refractivity contribution in [1.82, 2.24) is 10.2 Å². The van der Waals surface area contributed by atoms with E-state index in [1.165, 1.54) is 23.5 Å². The summed E-state index contributed by atoms with van der Waals surface area (Å²) < 4.78 is 6.46. The molecule has 2 rings (SSSR count). The van der Waals surface area contributed by atoms with E-state index in [0.29, 0.717) is 12.4 Å². The lowest BCUT2D eigenvalue weighted by Gasteiger charge is -2.05. The molecule has 0 spiro atoms. The monoisotopic (exact) mass is 325 g/mol. The summed E-state index contributed by atoms with van der Waals surface area (Å²) in [6, 6.07) is 6.37. The van der Waals surface area contributed by atoms with Gasteiger partial charge in [-0.15, -0.1) is 10.2 Å². The van der Waals surface area contributed by atoms with Crippen LogP contribution in [0.4, 0.5) is 5.13 Å². The zero-order valence-corrected chi connectivity index (χ0v) is 13.3. The molecule has 0 saturated carbocycles. The number of aromatic nitrogens is 2. The molecular weight excluding hydrogens is 310 g/mol. The lowest BCUT2D eigenvalue weighted by molar-refractivity contribution is 0.0697. The van der Waals surface area contributed by atoms with E-state index in [4.69, 9.17) is 9.84 Å². The van der Waals surface area contributed by atoms with Crippen LogP contribution in [0, 0.1) is 0 Å². The highest BCUT2D eigenvalue weighted by Crippen LogP contribution is 2.26. The third-order valence-electron chi connectivity index (χ3n) is 2.46. The Bertz CT molecular complexity index is 599. The number of ether oxygens (including phenoxy) is 1. The molecule has 1 heterocycles. The van der Waals surface area contributed by atoms with Crippen LogP contribution in [0.25, 0.3) is 0 Å². The molecule has 1 aromatic heterocycles. The highest BCUT2D eigenvalue weighted by Gasteiger charge is 2.06. The Morgan fingerprint density at radius 1 is 1.33 bits per heavy atom. The second kappa shape index (κ2) is 7.28. The van der Waals surface area contributed by atoms with Crippen LogP contribution in [0.3, 0.4) is 0 Å². The van der Waals surface area contributed by atoms with Gasteiger partial charge in [-0.2, -0.15) is 0 Å². The number of rotatable bonds is 7. The van der Waals surface area contributed by atoms with E-state index in [0.717, 1.165) is 15.2 Å². The van der Waals surface area contributed by atoms with Crippen molar-refractivity contribution in [2.45, 2.75) is 4.34 Å². The van der Waals surface area contributed by atoms with E-state index in [-0.39, 0.29) is 5.56 Å². The minimum absolute atomic E-state index is 0.252. The Hall–Kier alpha value is -1.80. The fourth-order valence-electron chi connectivity index (χ4n) is 1.42. The molecule has 0 bridgehead atoms. The molecule has 112 valence electrons. The number of hydrogen-bond acceptors (Lipinski definition) is 7. The molecule has 0 aliphatic heterocycles. The van der Waals surface area contributed by atoms with E-state index in [1.807, 2.05) is 19.0 Å². The summed E-state index contributed by atoms with van der Waals surface area (Å²) in [4.78, 5) is 12.6. The van der Waals surface area contributed by atoms with Gasteiger partial charge in [0.15, 0.2) is 4.34 Å². The van der Waals surface area contributed by atoms with E-state index >= 15 is 0 Å². The molecule has 8 heteroatoms. The quantitative estimate of drug-likeness (QED) is 0.619. The predicted molar refractivity (Wildman–Crippen MR) is 83.9 cm³/mol. The average molecular weight is 325 g/mol. The molecule has 1 N–H and O–H groups in total. The second-order valence-electron chi connectivity index (χ2n) is 4.27. The van der Waals surface area contributed by atoms with Crippen molar-refractivity contribution in [2.24, 2.45) is 0 Å². The van der Waals surface area contributed by atoms with Gasteiger partial charge in [0, 0.05) is 19.8 Å². The highest BCUT2D eigenvalue weighted by molar-refractivity contribution is 8.01. The van der Waals surface area contributed by atoms with E-state index < -0.39 is 5.97 Å². The van der Waals surface area contributed by atoms with Gasteiger partial charge in [-0.25, -0.2) is 4.79 Å². The van der Waals surface area contributed by atoms with Gasteiger partial charge >= 0.3 is 5.97 Å². The minimum atomic E-state index is -0.940. The number of carboxylic acid groups (broad SMARTS) is 1. The van der Waals surface area contributed by atoms with Gasteiger partial charge in [-0.05, 0) is 24.3 Å². The Morgan fingerprint density at radius 3 is 2.62 bits per heavy atom. The maximum Gasteiger partial charge on any atom is 0.335 e. The summed E-state index contributed by atoms with van der Waals surface area (Å²) in [6.45, 7) is 0.522. The topological polar surface area (TPSA) is 75.5 Å². The van der Waals surface area contributed by atoms with Gasteiger partial charge in [-0.3, -0.25) is 0 Å². The molecule has 2 aromatic rings. The number of benzene rings is 1. The van der Waals surface area contributed by atoms with Crippen LogP contribution in [-0.2, 0) is 0 Å². The van der Waals surface area contributed by atoms with Crippen LogP contribution in [0.1, 0.15) is 10.4 Å². The van der Waals surface area contributed by atoms with Crippen LogP contribution in [-0.4, -0.2) is 47.7 Å². The van der Waals surface area contributed by atoms with Gasteiger partial charge in [0.05, 0.1) is 12.2 Å². The largest absolute Gasteiger partial charge is 0.493 e. The number of hydrogen-bond donors (Lipinski definition) is 1. The fraction of sp³-hybridized carbons (Fsp3) is 0.308. The number of aromatic carboxylic acids is 1. The summed E-state index contributed by atoms with van der Waals surface area (Å²) in [6.07, 6.45) is 0. The van der Waals surface area contributed by atoms with Gasteiger partial charge in [-0.1, -0.05) is 23.1 Å². The molecule has 21 heavy (non-hydrogen) atoms. The SMILES string of the molecule is CN(C)c1nnc(SCCOc2ccc(C(=O)O)cc2)s1. The van der Waals surface area contributed by atoms with Crippen molar-refractivity contribution >= 4 is 34.2 Å². The van der Waals surface area contributed by atoms with Crippen LogP contribution in [0.5, 0.6) is 5.75 Å². The molecule has 0 unspecified atom stereocenters. The molecule has 0 atom stereocenters. The summed E-state index contributed by atoms with van der Waals surface area (Å²) >= 11 is 3.12. The maximum atomic E-state index is 10.7. The van der Waals surface area contributed by atoms with Crippen LogP contribution in [0.15, 0.2) is 28.6 Å². The van der Waals surface area contributed by atoms with Crippen molar-refractivity contribution in [1.29, 1.82) is 0 Å². The molecule has 0 radical (unpaired) electrons. The molecule has 0 saturated heterocycles. The summed E-state index contributed by atoms with van der Waals surface area (Å²) in [5, 5.41) is 17.8. The lowest BCUT2D eigenvalue weighted by Crippen LogP contribution is -2.07. The smallest absolute Gasteiger partial charge is 0.335 e. The van der Waals surface area contributed by atoms with Crippen molar-refractivity contribution in [3.05, 3.63) is 29.8 Å². The average Bonchev–Trinajstić information content (AvgIpc) is 2.93. The second-order valence-corrected chi connectivity index (χ2v) is 6.57. The molecule has 1 aromatic carbocycles. The van der Waals surface area contributed by atoms with E-state index in [9.17, 15) is 4.79 Å². The van der Waals surface area contributed by atoms with Crippen molar-refractivity contribution < 1.29 is 14.6 Å². The predicted octanol–water partition coefficient (Wildman–Crippen LogP) is 2.47. The summed E-state index contributed by atoms with van der Waals surface area (Å²) in [5.41, 5.74) is 0.252. The Labute approximate surface area is 130 Å². The third kappa shape index (κ3) is 4.61. The molecule has 6 nitrogen and oxygen atoms in total. The number of carbonyl (C=O) groups is 1. The van der Waals surface area contributed by atoms with Gasteiger partial charge in [0.25, 0.3) is 0 Å². The number of thioether (sulfide) groups is 1. The Kier molecular flexibility index (Phi) is 5.40. The summed E-state index contributed by atoms with van der Waals surface area (Å²) in [7, 11) is 3.86. The lowest BCUT2D eigenvalue weighted by atomic mass is 10.2. The Morgan fingerprint density at radius 2 is 2.05 bits per heavy atom. The first-order valence-corrected chi connectivity index (χ1v) is 7.96. The number of anilines is 1. The first-order valence-electron chi connectivity index (χ1n) is 6.16. The fourth-order valence-corrected chi connectivity index (χ4v) is 3.08. The molecule has 0 fully saturated rings. The van der Waals surface area contributed by atoms with Crippen LogP contribution in [0.2, 0.25) is 0 Å². The number of nitrogens with zero attached hydrogens (tertiary/aromatic N) is 3. The normalized spacial score (nSPS) is 10.4. The van der Waals surface area contributed by atoms with Crippen molar-refractivity contribution in [3.8, 4) is 5.75 Å². The first-order chi connectivity index (χ1) is 10.1.